The van der Waals surface area contributed by atoms with E-state index in [2.05, 4.69) is 15.0 Å². The van der Waals surface area contributed by atoms with Crippen LogP contribution < -0.4 is 5.73 Å². The van der Waals surface area contributed by atoms with Gasteiger partial charge in [-0.05, 0) is 49.6 Å². The van der Waals surface area contributed by atoms with Crippen molar-refractivity contribution < 1.29 is 18.0 Å². The molecular weight excluding hydrogens is 477 g/mol. The summed E-state index contributed by atoms with van der Waals surface area (Å²) in [6, 6.07) is 6.17. The highest BCUT2D eigenvalue weighted by Gasteiger charge is 2.71. The minimum atomic E-state index is -1.20. The van der Waals surface area contributed by atoms with Crippen LogP contribution in [0.3, 0.4) is 0 Å². The molecule has 2 aromatic heterocycles. The minimum absolute atomic E-state index is 0.0148. The van der Waals surface area contributed by atoms with Gasteiger partial charge in [0, 0.05) is 30.4 Å². The standard InChI is InChI=1S/C24H21F3N6OS/c1-23(19-8-24(19,35-22(29)32-23)21(34)33-5-4-15(25)12-33)16-6-14(11-31-20(16)27)7-17(26)18-3-2-13(9-28)10-30-18/h2-3,6-7,10-11,15,19H,4-5,8,12H2,1H3,(H2,29,32)/b17-7-/t15-,19+,23-,24+/m1/s1. The van der Waals surface area contributed by atoms with Crippen molar-refractivity contribution >= 4 is 34.7 Å². The average molecular weight is 499 g/mol. The molecule has 4 atom stereocenters. The summed E-state index contributed by atoms with van der Waals surface area (Å²) in [6.45, 7) is 2.06. The van der Waals surface area contributed by atoms with Gasteiger partial charge in [0.2, 0.25) is 11.9 Å². The summed E-state index contributed by atoms with van der Waals surface area (Å²) in [4.78, 5) is 27.0. The molecule has 2 aliphatic heterocycles. The van der Waals surface area contributed by atoms with E-state index in [0.29, 0.717) is 24.9 Å². The molecule has 4 heterocycles. The molecule has 180 valence electrons. The van der Waals surface area contributed by atoms with Gasteiger partial charge in [-0.2, -0.15) is 9.65 Å². The van der Waals surface area contributed by atoms with Gasteiger partial charge in [0.15, 0.2) is 5.17 Å². The van der Waals surface area contributed by atoms with Crippen molar-refractivity contribution in [1.82, 2.24) is 14.9 Å². The number of aromatic nitrogens is 2. The Kier molecular flexibility index (Phi) is 5.59. The van der Waals surface area contributed by atoms with E-state index in [1.807, 2.05) is 6.07 Å². The Bertz CT molecular complexity index is 1310. The second kappa shape index (κ2) is 8.37. The first-order valence-electron chi connectivity index (χ1n) is 11.0. The number of halogens is 3. The number of amides is 1. The van der Waals surface area contributed by atoms with E-state index in [1.165, 1.54) is 35.5 Å². The predicted molar refractivity (Wildman–Crippen MR) is 126 cm³/mol. The highest BCUT2D eigenvalue weighted by molar-refractivity contribution is 8.15. The molecule has 0 bridgehead atoms. The van der Waals surface area contributed by atoms with Crippen molar-refractivity contribution in [1.29, 1.82) is 5.26 Å². The molecule has 1 saturated carbocycles. The maximum absolute atomic E-state index is 15.0. The Morgan fingerprint density at radius 1 is 1.37 bits per heavy atom. The summed E-state index contributed by atoms with van der Waals surface area (Å²) >= 11 is 1.14. The Hall–Kier alpha value is -3.39. The van der Waals surface area contributed by atoms with Gasteiger partial charge in [0.25, 0.3) is 0 Å². The molecule has 35 heavy (non-hydrogen) atoms. The third kappa shape index (κ3) is 3.95. The van der Waals surface area contributed by atoms with E-state index in [-0.39, 0.29) is 40.4 Å². The van der Waals surface area contributed by atoms with Crippen molar-refractivity contribution in [2.45, 2.75) is 36.2 Å². The lowest BCUT2D eigenvalue weighted by Crippen LogP contribution is -2.45. The minimum Gasteiger partial charge on any atom is -0.378 e. The van der Waals surface area contributed by atoms with Gasteiger partial charge in [0.1, 0.15) is 22.8 Å². The summed E-state index contributed by atoms with van der Waals surface area (Å²) in [7, 11) is 0. The van der Waals surface area contributed by atoms with Gasteiger partial charge in [-0.25, -0.2) is 13.8 Å². The zero-order valence-electron chi connectivity index (χ0n) is 18.7. The fraction of sp³-hybridized carbons (Fsp3) is 0.375. The lowest BCUT2D eigenvalue weighted by Gasteiger charge is -2.34. The highest BCUT2D eigenvalue weighted by Crippen LogP contribution is 2.66. The molecule has 2 fully saturated rings. The van der Waals surface area contributed by atoms with Crippen LogP contribution >= 0.6 is 11.8 Å². The number of carbonyl (C=O) groups excluding carboxylic acids is 1. The SMILES string of the molecule is C[C@]1(c2cc(/C=C(\F)c3ccc(C#N)cn3)cnc2F)N=C(N)S[C@@]2(C(=O)N3CC[C@@H](F)C3)C[C@H]21. The van der Waals surface area contributed by atoms with E-state index in [0.717, 1.165) is 17.8 Å². The highest BCUT2D eigenvalue weighted by atomic mass is 32.2. The molecule has 11 heteroatoms. The van der Waals surface area contributed by atoms with Crippen molar-refractivity contribution in [2.75, 3.05) is 13.1 Å². The number of likely N-dealkylation sites (tertiary alicyclic amines) is 1. The Balaban J connectivity index is 1.47. The van der Waals surface area contributed by atoms with Crippen LogP contribution in [0.4, 0.5) is 13.2 Å². The molecule has 1 amide bonds. The molecule has 0 aromatic carbocycles. The summed E-state index contributed by atoms with van der Waals surface area (Å²) in [5.74, 6) is -2.06. The second-order valence-electron chi connectivity index (χ2n) is 9.13. The summed E-state index contributed by atoms with van der Waals surface area (Å²) in [5, 5.41) is 9.01. The number of amidine groups is 1. The van der Waals surface area contributed by atoms with E-state index in [9.17, 15) is 13.6 Å². The number of hydrogen-bond donors (Lipinski definition) is 1. The monoisotopic (exact) mass is 498 g/mol. The van der Waals surface area contributed by atoms with Gasteiger partial charge < -0.3 is 10.6 Å². The normalized spacial score (nSPS) is 29.9. The summed E-state index contributed by atoms with van der Waals surface area (Å²) < 4.78 is 42.6. The van der Waals surface area contributed by atoms with E-state index >= 15 is 4.39 Å². The molecule has 1 aliphatic carbocycles. The number of aliphatic imine (C=N–C) groups is 1. The maximum Gasteiger partial charge on any atom is 0.239 e. The molecule has 3 aliphatic rings. The zero-order valence-corrected chi connectivity index (χ0v) is 19.5. The Labute approximate surface area is 203 Å². The number of hydrogen-bond acceptors (Lipinski definition) is 7. The lowest BCUT2D eigenvalue weighted by atomic mass is 9.86. The number of nitrogens with two attached hydrogens (primary N) is 1. The molecule has 0 radical (unpaired) electrons. The van der Waals surface area contributed by atoms with Crippen LogP contribution in [-0.4, -0.2) is 50.0 Å². The number of pyridine rings is 2. The number of nitriles is 1. The molecule has 0 unspecified atom stereocenters. The average Bonchev–Trinajstić information content (AvgIpc) is 3.44. The van der Waals surface area contributed by atoms with Crippen LogP contribution in [0.2, 0.25) is 0 Å². The molecule has 0 spiro atoms. The molecule has 2 aromatic rings. The fourth-order valence-corrected chi connectivity index (χ4v) is 6.39. The van der Waals surface area contributed by atoms with Gasteiger partial charge in [0.05, 0.1) is 23.3 Å². The number of alkyl halides is 1. The van der Waals surface area contributed by atoms with E-state index in [4.69, 9.17) is 11.0 Å². The summed E-state index contributed by atoms with van der Waals surface area (Å²) in [5.41, 5.74) is 5.58. The van der Waals surface area contributed by atoms with E-state index in [1.54, 1.807) is 6.92 Å². The Morgan fingerprint density at radius 3 is 2.83 bits per heavy atom. The first kappa shape index (κ1) is 23.4. The molecule has 7 nitrogen and oxygen atoms in total. The smallest absolute Gasteiger partial charge is 0.239 e. The number of nitrogens with zero attached hydrogens (tertiary/aromatic N) is 5. The quantitative estimate of drug-likeness (QED) is 0.646. The van der Waals surface area contributed by atoms with Crippen molar-refractivity contribution in [2.24, 2.45) is 16.6 Å². The van der Waals surface area contributed by atoms with E-state index < -0.39 is 28.2 Å². The Morgan fingerprint density at radius 2 is 2.17 bits per heavy atom. The number of carbonyl (C=O) groups is 1. The fourth-order valence-electron chi connectivity index (χ4n) is 4.94. The number of fused-ring (bicyclic) bond motifs is 1. The second-order valence-corrected chi connectivity index (χ2v) is 10.5. The molecular formula is C24H21F3N6OS. The largest absolute Gasteiger partial charge is 0.378 e. The first-order valence-corrected chi connectivity index (χ1v) is 11.9. The van der Waals surface area contributed by atoms with Crippen LogP contribution in [-0.2, 0) is 10.3 Å². The van der Waals surface area contributed by atoms with Crippen LogP contribution in [0.5, 0.6) is 0 Å². The summed E-state index contributed by atoms with van der Waals surface area (Å²) in [6.07, 6.45) is 3.26. The van der Waals surface area contributed by atoms with Crippen molar-refractivity contribution in [3.8, 4) is 6.07 Å². The van der Waals surface area contributed by atoms with Crippen molar-refractivity contribution in [3.05, 3.63) is 58.9 Å². The maximum atomic E-state index is 15.0. The molecule has 1 saturated heterocycles. The van der Waals surface area contributed by atoms with Gasteiger partial charge >= 0.3 is 0 Å². The number of rotatable bonds is 4. The lowest BCUT2D eigenvalue weighted by molar-refractivity contribution is -0.131. The first-order chi connectivity index (χ1) is 16.7. The predicted octanol–water partition coefficient (Wildman–Crippen LogP) is 3.56. The van der Waals surface area contributed by atoms with Crippen LogP contribution in [0.1, 0.15) is 42.1 Å². The zero-order chi connectivity index (χ0) is 25.0. The van der Waals surface area contributed by atoms with Gasteiger partial charge in [-0.3, -0.25) is 14.8 Å². The van der Waals surface area contributed by atoms with Crippen LogP contribution in [0.15, 0.2) is 35.6 Å². The third-order valence-corrected chi connectivity index (χ3v) is 8.12. The van der Waals surface area contributed by atoms with Gasteiger partial charge in [-0.1, -0.05) is 11.8 Å². The molecule has 2 N–H and O–H groups in total. The topological polar surface area (TPSA) is 108 Å². The number of thioether (sulfide) groups is 1. The van der Waals surface area contributed by atoms with Crippen molar-refractivity contribution in [3.63, 3.8) is 0 Å². The van der Waals surface area contributed by atoms with Gasteiger partial charge in [-0.15, -0.1) is 0 Å². The van der Waals surface area contributed by atoms with Crippen LogP contribution in [0, 0.1) is 23.2 Å². The third-order valence-electron chi connectivity index (χ3n) is 6.83. The van der Waals surface area contributed by atoms with Crippen LogP contribution in [0.25, 0.3) is 11.9 Å². The molecule has 5 rings (SSSR count).